The molecule has 0 radical (unpaired) electrons. The number of carbonyl (C=O) groups is 1. The van der Waals surface area contributed by atoms with Gasteiger partial charge in [0.25, 0.3) is 5.56 Å². The van der Waals surface area contributed by atoms with Crippen LogP contribution in [0.25, 0.3) is 0 Å². The summed E-state index contributed by atoms with van der Waals surface area (Å²) in [6.45, 7) is 4.19. The van der Waals surface area contributed by atoms with Crippen molar-refractivity contribution >= 4 is 5.91 Å². The largest absolute Gasteiger partial charge is 0.334 e. The van der Waals surface area contributed by atoms with Crippen LogP contribution in [0.3, 0.4) is 0 Å². The molecule has 0 aromatic carbocycles. The maximum Gasteiger partial charge on any atom is 0.254 e. The lowest BCUT2D eigenvalue weighted by Crippen LogP contribution is -2.43. The van der Waals surface area contributed by atoms with Gasteiger partial charge in [-0.05, 0) is 19.8 Å². The van der Waals surface area contributed by atoms with E-state index in [2.05, 4.69) is 15.0 Å². The zero-order chi connectivity index (χ0) is 17.6. The Hall–Kier alpha value is -2.44. The van der Waals surface area contributed by atoms with E-state index in [0.29, 0.717) is 25.8 Å². The Balaban J connectivity index is 1.63. The van der Waals surface area contributed by atoms with Crippen LogP contribution >= 0.6 is 0 Å². The number of H-pyrrole nitrogens is 1. The third-order valence-electron chi connectivity index (χ3n) is 5.49. The molecule has 2 bridgehead atoms. The van der Waals surface area contributed by atoms with Crippen LogP contribution < -0.4 is 5.56 Å². The first-order valence-electron chi connectivity index (χ1n) is 8.96. The summed E-state index contributed by atoms with van der Waals surface area (Å²) < 4.78 is 1.88. The van der Waals surface area contributed by atoms with Crippen molar-refractivity contribution in [2.75, 3.05) is 0 Å². The van der Waals surface area contributed by atoms with Crippen molar-refractivity contribution in [1.29, 1.82) is 0 Å². The Bertz CT molecular complexity index is 869. The highest BCUT2D eigenvalue weighted by molar-refractivity contribution is 5.77. The first-order chi connectivity index (χ1) is 12.1. The molecule has 4 rings (SSSR count). The number of aromatic nitrogens is 4. The number of nitrogens with zero attached hydrogens (tertiary/aromatic N) is 4. The van der Waals surface area contributed by atoms with Gasteiger partial charge in [-0.25, -0.2) is 9.97 Å². The number of hydrogen-bond donors (Lipinski definition) is 1. The number of nitrogens with one attached hydrogen (secondary N) is 1. The van der Waals surface area contributed by atoms with Gasteiger partial charge in [0.1, 0.15) is 18.2 Å². The summed E-state index contributed by atoms with van der Waals surface area (Å²) in [6.07, 6.45) is 7.47. The van der Waals surface area contributed by atoms with Crippen LogP contribution in [0.4, 0.5) is 0 Å². The topological polar surface area (TPSA) is 83.9 Å². The summed E-state index contributed by atoms with van der Waals surface area (Å²) >= 11 is 0. The van der Waals surface area contributed by atoms with Gasteiger partial charge in [-0.1, -0.05) is 6.92 Å². The third kappa shape index (κ3) is 2.77. The van der Waals surface area contributed by atoms with Crippen molar-refractivity contribution < 1.29 is 4.79 Å². The summed E-state index contributed by atoms with van der Waals surface area (Å²) in [4.78, 5) is 39.1. The molecule has 132 valence electrons. The molecule has 2 aromatic rings. The highest BCUT2D eigenvalue weighted by Gasteiger charge is 2.40. The number of imidazole rings is 1. The average molecular weight is 341 g/mol. The van der Waals surface area contributed by atoms with Gasteiger partial charge >= 0.3 is 0 Å². The molecular weight excluding hydrogens is 318 g/mol. The molecule has 1 saturated heterocycles. The number of aromatic amines is 1. The van der Waals surface area contributed by atoms with Gasteiger partial charge in [-0.15, -0.1) is 0 Å². The number of amides is 1. The van der Waals surface area contributed by atoms with Crippen LogP contribution in [0.15, 0.2) is 17.2 Å². The van der Waals surface area contributed by atoms with Crippen molar-refractivity contribution in [3.63, 3.8) is 0 Å². The highest BCUT2D eigenvalue weighted by atomic mass is 16.2. The third-order valence-corrected chi connectivity index (χ3v) is 5.49. The van der Waals surface area contributed by atoms with Crippen molar-refractivity contribution in [2.45, 2.75) is 64.6 Å². The lowest BCUT2D eigenvalue weighted by atomic mass is 9.98. The van der Waals surface area contributed by atoms with Crippen molar-refractivity contribution in [3.8, 4) is 0 Å². The smallest absolute Gasteiger partial charge is 0.254 e. The van der Waals surface area contributed by atoms with Gasteiger partial charge in [-0.3, -0.25) is 9.59 Å². The molecule has 1 N–H and O–H groups in total. The molecule has 2 aliphatic heterocycles. The Morgan fingerprint density at radius 1 is 1.32 bits per heavy atom. The van der Waals surface area contributed by atoms with E-state index in [9.17, 15) is 9.59 Å². The van der Waals surface area contributed by atoms with E-state index in [1.54, 1.807) is 6.20 Å². The normalized spacial score (nSPS) is 21.9. The molecule has 25 heavy (non-hydrogen) atoms. The maximum absolute atomic E-state index is 13.0. The van der Waals surface area contributed by atoms with E-state index in [0.717, 1.165) is 35.7 Å². The molecule has 0 spiro atoms. The van der Waals surface area contributed by atoms with Gasteiger partial charge in [0.2, 0.25) is 5.91 Å². The van der Waals surface area contributed by atoms with Crippen LogP contribution in [-0.2, 0) is 30.6 Å². The second-order valence-electron chi connectivity index (χ2n) is 6.99. The Morgan fingerprint density at radius 3 is 2.76 bits per heavy atom. The number of fused-ring (bicyclic) bond motifs is 3. The molecule has 1 fully saturated rings. The number of aryl methyl sites for hydroxylation is 2. The fourth-order valence-electron chi connectivity index (χ4n) is 4.17. The Labute approximate surface area is 146 Å². The van der Waals surface area contributed by atoms with Crippen molar-refractivity contribution in [3.05, 3.63) is 45.7 Å². The number of hydrogen-bond acceptors (Lipinski definition) is 4. The molecule has 2 aromatic heterocycles. The average Bonchev–Trinajstić information content (AvgIpc) is 3.10. The Morgan fingerprint density at radius 2 is 2.08 bits per heavy atom. The predicted octanol–water partition coefficient (Wildman–Crippen LogP) is 0.996. The lowest BCUT2D eigenvalue weighted by Gasteiger charge is -2.28. The van der Waals surface area contributed by atoms with E-state index in [1.165, 1.54) is 0 Å². The van der Waals surface area contributed by atoms with E-state index < -0.39 is 0 Å². The number of carbonyl (C=O) groups excluding carboxylic acids is 1. The lowest BCUT2D eigenvalue weighted by molar-refractivity contribution is -0.134. The summed E-state index contributed by atoms with van der Waals surface area (Å²) in [7, 11) is 0. The van der Waals surface area contributed by atoms with Crippen LogP contribution in [0.2, 0.25) is 0 Å². The summed E-state index contributed by atoms with van der Waals surface area (Å²) in [5.74, 6) is 1.67. The molecule has 1 amide bonds. The van der Waals surface area contributed by atoms with E-state index in [1.807, 2.05) is 29.5 Å². The molecule has 4 heterocycles. The summed E-state index contributed by atoms with van der Waals surface area (Å²) in [6, 6.07) is 0.236. The number of rotatable bonds is 3. The van der Waals surface area contributed by atoms with Crippen molar-refractivity contribution in [1.82, 2.24) is 24.4 Å². The Kier molecular flexibility index (Phi) is 3.94. The van der Waals surface area contributed by atoms with Crippen LogP contribution in [-0.4, -0.2) is 42.4 Å². The molecule has 2 atom stereocenters. The van der Waals surface area contributed by atoms with Crippen molar-refractivity contribution in [2.24, 2.45) is 0 Å². The van der Waals surface area contributed by atoms with Crippen LogP contribution in [0.5, 0.6) is 0 Å². The molecule has 2 unspecified atom stereocenters. The molecule has 2 aliphatic rings. The standard InChI is InChI=1S/C18H23N5O2/c1-3-16-20-15-9-13-5-4-12(8-14(15)18(25)21-16)23(13)17(24)10-22-7-6-19-11(22)2/h6-7,12-13H,3-5,8-10H2,1-2H3,(H,20,21,25). The second kappa shape index (κ2) is 6.13. The first-order valence-corrected chi connectivity index (χ1v) is 8.96. The molecule has 7 nitrogen and oxygen atoms in total. The minimum Gasteiger partial charge on any atom is -0.334 e. The second-order valence-corrected chi connectivity index (χ2v) is 6.99. The van der Waals surface area contributed by atoms with Crippen LogP contribution in [0, 0.1) is 6.92 Å². The summed E-state index contributed by atoms with van der Waals surface area (Å²) in [5.41, 5.74) is 1.61. The van der Waals surface area contributed by atoms with Gasteiger partial charge < -0.3 is 14.5 Å². The fraction of sp³-hybridized carbons (Fsp3) is 0.556. The SMILES string of the molecule is CCc1nc2c(c(=O)[nH]1)CC1CCC(C2)N1C(=O)Cn1ccnc1C. The van der Waals surface area contributed by atoms with Crippen LogP contribution in [0.1, 0.15) is 42.7 Å². The minimum atomic E-state index is -0.0350. The highest BCUT2D eigenvalue weighted by Crippen LogP contribution is 2.32. The predicted molar refractivity (Wildman–Crippen MR) is 92.3 cm³/mol. The molecule has 7 heteroatoms. The van der Waals surface area contributed by atoms with Gasteiger partial charge in [0.05, 0.1) is 5.69 Å². The molecule has 0 saturated carbocycles. The van der Waals surface area contributed by atoms with Gasteiger partial charge in [0, 0.05) is 49.3 Å². The van der Waals surface area contributed by atoms with Gasteiger partial charge in [0.15, 0.2) is 0 Å². The minimum absolute atomic E-state index is 0.0350. The maximum atomic E-state index is 13.0. The first kappa shape index (κ1) is 16.1. The van der Waals surface area contributed by atoms with E-state index in [4.69, 9.17) is 0 Å². The van der Waals surface area contributed by atoms with E-state index >= 15 is 0 Å². The zero-order valence-corrected chi connectivity index (χ0v) is 14.7. The molecular formula is C18H23N5O2. The summed E-state index contributed by atoms with van der Waals surface area (Å²) in [5, 5.41) is 0. The quantitative estimate of drug-likeness (QED) is 0.902. The van der Waals surface area contributed by atoms with Gasteiger partial charge in [-0.2, -0.15) is 0 Å². The molecule has 0 aliphatic carbocycles. The zero-order valence-electron chi connectivity index (χ0n) is 14.7. The fourth-order valence-corrected chi connectivity index (χ4v) is 4.17. The van der Waals surface area contributed by atoms with E-state index in [-0.39, 0.29) is 23.6 Å². The monoisotopic (exact) mass is 341 g/mol.